The Morgan fingerprint density at radius 2 is 2.05 bits per heavy atom. The number of rotatable bonds is 1. The molecule has 0 amide bonds. The van der Waals surface area contributed by atoms with Crippen LogP contribution >= 0.6 is 11.6 Å². The summed E-state index contributed by atoms with van der Waals surface area (Å²) < 4.78 is 38.1. The molecule has 0 saturated carbocycles. The first kappa shape index (κ1) is 14.2. The van der Waals surface area contributed by atoms with E-state index in [9.17, 15) is 18.0 Å². The zero-order valence-corrected chi connectivity index (χ0v) is 11.1. The molecule has 104 valence electrons. The summed E-state index contributed by atoms with van der Waals surface area (Å²) in [4.78, 5) is 13.1. The highest BCUT2D eigenvalue weighted by Crippen LogP contribution is 2.37. The van der Waals surface area contributed by atoms with E-state index in [-0.39, 0.29) is 16.8 Å². The lowest BCUT2D eigenvalue weighted by molar-refractivity contribution is -0.137. The molecule has 0 bridgehead atoms. The number of benzene rings is 1. The molecule has 0 radical (unpaired) electrons. The molecule has 1 aliphatic heterocycles. The number of anilines is 1. The van der Waals surface area contributed by atoms with E-state index in [0.717, 1.165) is 12.1 Å². The highest BCUT2D eigenvalue weighted by Gasteiger charge is 2.32. The van der Waals surface area contributed by atoms with Crippen molar-refractivity contribution in [1.29, 1.82) is 0 Å². The van der Waals surface area contributed by atoms with Crippen LogP contribution in [0.5, 0.6) is 0 Å². The van der Waals surface area contributed by atoms with Crippen molar-refractivity contribution in [3.8, 4) is 0 Å². The van der Waals surface area contributed by atoms with Gasteiger partial charge in [-0.25, -0.2) is 0 Å². The first-order valence-corrected chi connectivity index (χ1v) is 6.32. The van der Waals surface area contributed by atoms with Crippen molar-refractivity contribution in [2.24, 2.45) is 0 Å². The van der Waals surface area contributed by atoms with Gasteiger partial charge in [0.15, 0.2) is 0 Å². The number of ketones is 1. The van der Waals surface area contributed by atoms with E-state index in [4.69, 9.17) is 11.6 Å². The quantitative estimate of drug-likeness (QED) is 0.782. The summed E-state index contributed by atoms with van der Waals surface area (Å²) in [6, 6.07) is 3.13. The molecule has 1 heterocycles. The molecule has 2 nitrogen and oxygen atoms in total. The fourth-order valence-electron chi connectivity index (χ4n) is 2.27. The Kier molecular flexibility index (Phi) is 3.76. The standard InChI is InChI=1S/C13H13ClF3NO/c1-8-6-10(19)4-5-18(8)12-7-9(13(15,16)17)2-3-11(12)14/h2-3,7-8H,4-6H2,1H3. The number of Topliss-reactive ketones (excluding diaryl/α,β-unsaturated/α-hetero) is 1. The molecule has 1 atom stereocenters. The fraction of sp³-hybridized carbons (Fsp3) is 0.462. The maximum absolute atomic E-state index is 12.7. The zero-order valence-electron chi connectivity index (χ0n) is 10.3. The highest BCUT2D eigenvalue weighted by molar-refractivity contribution is 6.33. The van der Waals surface area contributed by atoms with E-state index >= 15 is 0 Å². The van der Waals surface area contributed by atoms with Crippen LogP contribution < -0.4 is 4.90 Å². The summed E-state index contributed by atoms with van der Waals surface area (Å²) >= 11 is 5.99. The summed E-state index contributed by atoms with van der Waals surface area (Å²) in [5.41, 5.74) is -0.382. The average Bonchev–Trinajstić information content (AvgIpc) is 2.29. The van der Waals surface area contributed by atoms with Gasteiger partial charge in [0.05, 0.1) is 16.3 Å². The summed E-state index contributed by atoms with van der Waals surface area (Å²) in [6.45, 7) is 2.22. The van der Waals surface area contributed by atoms with Gasteiger partial charge in [-0.1, -0.05) is 11.6 Å². The Bertz CT molecular complexity index is 501. The molecule has 1 aliphatic rings. The van der Waals surface area contributed by atoms with Gasteiger partial charge in [0.2, 0.25) is 0 Å². The molecule has 0 spiro atoms. The van der Waals surface area contributed by atoms with Crippen LogP contribution in [0.15, 0.2) is 18.2 Å². The van der Waals surface area contributed by atoms with E-state index in [0.29, 0.717) is 25.1 Å². The number of carbonyl (C=O) groups excluding carboxylic acids is 1. The SMILES string of the molecule is CC1CC(=O)CCN1c1cc(C(F)(F)F)ccc1Cl. The van der Waals surface area contributed by atoms with Crippen molar-refractivity contribution in [2.75, 3.05) is 11.4 Å². The maximum atomic E-state index is 12.7. The van der Waals surface area contributed by atoms with Gasteiger partial charge in [0.1, 0.15) is 5.78 Å². The largest absolute Gasteiger partial charge is 0.416 e. The minimum atomic E-state index is -4.39. The first-order chi connectivity index (χ1) is 8.79. The average molecular weight is 292 g/mol. The van der Waals surface area contributed by atoms with Gasteiger partial charge in [-0.2, -0.15) is 13.2 Å². The van der Waals surface area contributed by atoms with Gasteiger partial charge in [-0.3, -0.25) is 4.79 Å². The van der Waals surface area contributed by atoms with Crippen molar-refractivity contribution in [3.63, 3.8) is 0 Å². The number of halogens is 4. The van der Waals surface area contributed by atoms with Crippen LogP contribution in [-0.4, -0.2) is 18.4 Å². The molecule has 6 heteroatoms. The number of hydrogen-bond donors (Lipinski definition) is 0. The van der Waals surface area contributed by atoms with Gasteiger partial charge in [0, 0.05) is 25.4 Å². The molecule has 1 unspecified atom stereocenters. The lowest BCUT2D eigenvalue weighted by Gasteiger charge is -2.35. The van der Waals surface area contributed by atoms with Crippen molar-refractivity contribution >= 4 is 23.1 Å². The number of piperidine rings is 1. The maximum Gasteiger partial charge on any atom is 0.416 e. The number of carbonyl (C=O) groups is 1. The molecule has 1 fully saturated rings. The molecule has 0 aromatic heterocycles. The molecule has 0 N–H and O–H groups in total. The summed E-state index contributed by atoms with van der Waals surface area (Å²) in [6.07, 6.45) is -3.71. The third-order valence-electron chi connectivity index (χ3n) is 3.27. The van der Waals surface area contributed by atoms with Gasteiger partial charge in [-0.15, -0.1) is 0 Å². The summed E-state index contributed by atoms with van der Waals surface area (Å²) in [5, 5.41) is 0.272. The van der Waals surface area contributed by atoms with Crippen LogP contribution in [0.1, 0.15) is 25.3 Å². The molecule has 1 saturated heterocycles. The number of nitrogens with zero attached hydrogens (tertiary/aromatic N) is 1. The van der Waals surface area contributed by atoms with Crippen LogP contribution in [0.2, 0.25) is 5.02 Å². The first-order valence-electron chi connectivity index (χ1n) is 5.94. The monoisotopic (exact) mass is 291 g/mol. The van der Waals surface area contributed by atoms with Crippen LogP contribution in [0, 0.1) is 0 Å². The lowest BCUT2D eigenvalue weighted by atomic mass is 10.0. The van der Waals surface area contributed by atoms with E-state index in [1.807, 2.05) is 6.92 Å². The summed E-state index contributed by atoms with van der Waals surface area (Å²) in [7, 11) is 0. The normalized spacial score (nSPS) is 20.8. The molecular weight excluding hydrogens is 279 g/mol. The second-order valence-electron chi connectivity index (χ2n) is 4.70. The zero-order chi connectivity index (χ0) is 14.2. The fourth-order valence-corrected chi connectivity index (χ4v) is 2.50. The molecule has 1 aromatic carbocycles. The van der Waals surface area contributed by atoms with Gasteiger partial charge in [0.25, 0.3) is 0 Å². The Balaban J connectivity index is 2.36. The van der Waals surface area contributed by atoms with E-state index in [2.05, 4.69) is 0 Å². The predicted molar refractivity (Wildman–Crippen MR) is 67.5 cm³/mol. The molecule has 2 rings (SSSR count). The Morgan fingerprint density at radius 3 is 2.63 bits per heavy atom. The number of hydrogen-bond acceptors (Lipinski definition) is 2. The molecular formula is C13H13ClF3NO. The van der Waals surface area contributed by atoms with Gasteiger partial charge in [-0.05, 0) is 25.1 Å². The second kappa shape index (κ2) is 5.04. The Hall–Kier alpha value is -1.23. The van der Waals surface area contributed by atoms with Crippen LogP contribution in [0.25, 0.3) is 0 Å². The molecule has 0 aliphatic carbocycles. The third-order valence-corrected chi connectivity index (χ3v) is 3.59. The van der Waals surface area contributed by atoms with Crippen molar-refractivity contribution in [1.82, 2.24) is 0 Å². The van der Waals surface area contributed by atoms with Crippen molar-refractivity contribution < 1.29 is 18.0 Å². The second-order valence-corrected chi connectivity index (χ2v) is 5.11. The predicted octanol–water partition coefficient (Wildman–Crippen LogP) is 3.92. The van der Waals surface area contributed by atoms with E-state index in [1.54, 1.807) is 4.90 Å². The van der Waals surface area contributed by atoms with Gasteiger partial charge < -0.3 is 4.90 Å². The smallest absolute Gasteiger partial charge is 0.367 e. The minimum Gasteiger partial charge on any atom is -0.367 e. The lowest BCUT2D eigenvalue weighted by Crippen LogP contribution is -2.41. The van der Waals surface area contributed by atoms with Crippen molar-refractivity contribution in [3.05, 3.63) is 28.8 Å². The van der Waals surface area contributed by atoms with E-state index in [1.165, 1.54) is 6.07 Å². The third kappa shape index (κ3) is 3.03. The van der Waals surface area contributed by atoms with Gasteiger partial charge >= 0.3 is 6.18 Å². The Morgan fingerprint density at radius 1 is 1.37 bits per heavy atom. The van der Waals surface area contributed by atoms with Crippen LogP contribution in [-0.2, 0) is 11.0 Å². The summed E-state index contributed by atoms with van der Waals surface area (Å²) in [5.74, 6) is 0.131. The van der Waals surface area contributed by atoms with E-state index < -0.39 is 11.7 Å². The van der Waals surface area contributed by atoms with Crippen molar-refractivity contribution in [2.45, 2.75) is 32.0 Å². The van der Waals surface area contributed by atoms with Crippen LogP contribution in [0.3, 0.4) is 0 Å². The molecule has 19 heavy (non-hydrogen) atoms. The molecule has 1 aromatic rings. The minimum absolute atomic E-state index is 0.131. The number of alkyl halides is 3. The Labute approximate surface area is 114 Å². The highest BCUT2D eigenvalue weighted by atomic mass is 35.5. The van der Waals surface area contributed by atoms with Crippen LogP contribution in [0.4, 0.5) is 18.9 Å². The topological polar surface area (TPSA) is 20.3 Å².